The van der Waals surface area contributed by atoms with Gasteiger partial charge in [-0.2, -0.15) is 5.10 Å². The number of nitrogens with zero attached hydrogens (tertiary/aromatic N) is 5. The minimum atomic E-state index is -0.0385. The second-order valence-corrected chi connectivity index (χ2v) is 10.2. The first-order valence-electron chi connectivity index (χ1n) is 11.8. The van der Waals surface area contributed by atoms with Crippen LogP contribution in [0, 0.1) is 0 Å². The molecule has 0 unspecified atom stereocenters. The number of anilines is 1. The average Bonchev–Trinajstić information content (AvgIpc) is 3.69. The molecule has 3 fully saturated rings. The summed E-state index contributed by atoms with van der Waals surface area (Å²) < 4.78 is 4.16. The van der Waals surface area contributed by atoms with E-state index in [1.807, 2.05) is 35.0 Å². The highest BCUT2D eigenvalue weighted by atomic mass is 32.2. The van der Waals surface area contributed by atoms with Crippen molar-refractivity contribution in [2.45, 2.75) is 74.4 Å². The Labute approximate surface area is 192 Å². The van der Waals surface area contributed by atoms with Crippen LogP contribution < -0.4 is 5.32 Å². The zero-order valence-corrected chi connectivity index (χ0v) is 18.9. The second kappa shape index (κ2) is 8.39. The zero-order valence-electron chi connectivity index (χ0n) is 18.1. The number of hydrogen-bond donors (Lipinski definition) is 1. The molecule has 3 aliphatic carbocycles. The van der Waals surface area contributed by atoms with E-state index in [0.717, 1.165) is 28.2 Å². The van der Waals surface area contributed by atoms with Crippen LogP contribution in [0.1, 0.15) is 80.8 Å². The summed E-state index contributed by atoms with van der Waals surface area (Å²) in [5.41, 5.74) is 2.04. The van der Waals surface area contributed by atoms with Crippen LogP contribution in [0.4, 0.5) is 5.82 Å². The summed E-state index contributed by atoms with van der Waals surface area (Å²) in [5, 5.41) is 17.7. The van der Waals surface area contributed by atoms with Gasteiger partial charge in [-0.25, -0.2) is 4.68 Å². The van der Waals surface area contributed by atoms with E-state index in [9.17, 15) is 4.79 Å². The van der Waals surface area contributed by atoms with Crippen molar-refractivity contribution in [2.24, 2.45) is 0 Å². The highest BCUT2D eigenvalue weighted by molar-refractivity contribution is 7.99. The number of para-hydroxylation sites is 1. The molecule has 0 saturated heterocycles. The lowest BCUT2D eigenvalue weighted by Crippen LogP contribution is -2.17. The number of nitrogens with one attached hydrogen (secondary N) is 1. The van der Waals surface area contributed by atoms with Gasteiger partial charge in [0.05, 0.1) is 17.1 Å². The first-order valence-corrected chi connectivity index (χ1v) is 12.8. The Kier molecular flexibility index (Phi) is 5.25. The van der Waals surface area contributed by atoms with Crippen molar-refractivity contribution in [1.82, 2.24) is 24.5 Å². The monoisotopic (exact) mass is 448 g/mol. The zero-order chi connectivity index (χ0) is 21.5. The third-order valence-corrected chi connectivity index (χ3v) is 7.59. The van der Waals surface area contributed by atoms with E-state index >= 15 is 0 Å². The molecule has 0 aliphatic heterocycles. The van der Waals surface area contributed by atoms with Gasteiger partial charge in [0.15, 0.2) is 5.16 Å². The summed E-state index contributed by atoms with van der Waals surface area (Å²) in [7, 11) is 0. The van der Waals surface area contributed by atoms with Gasteiger partial charge in [0, 0.05) is 23.9 Å². The van der Waals surface area contributed by atoms with Crippen molar-refractivity contribution in [1.29, 1.82) is 0 Å². The molecular weight excluding hydrogens is 420 g/mol. The lowest BCUT2D eigenvalue weighted by molar-refractivity contribution is -0.113. The SMILES string of the molecule is O=C(CSc1nnc(C2CC2)n1C1CC1)Nc1cc(C2CCCC2)nn1-c1ccccc1. The number of amides is 1. The molecule has 32 heavy (non-hydrogen) atoms. The fourth-order valence-corrected chi connectivity index (χ4v) is 5.48. The molecule has 3 saturated carbocycles. The van der Waals surface area contributed by atoms with Gasteiger partial charge < -0.3 is 9.88 Å². The second-order valence-electron chi connectivity index (χ2n) is 9.24. The molecule has 166 valence electrons. The molecule has 2 heterocycles. The van der Waals surface area contributed by atoms with E-state index in [0.29, 0.717) is 23.6 Å². The Morgan fingerprint density at radius 3 is 2.50 bits per heavy atom. The third-order valence-electron chi connectivity index (χ3n) is 6.65. The van der Waals surface area contributed by atoms with Crippen LogP contribution in [-0.2, 0) is 4.79 Å². The number of aromatic nitrogens is 5. The van der Waals surface area contributed by atoms with Crippen molar-refractivity contribution in [3.8, 4) is 5.69 Å². The first-order chi connectivity index (χ1) is 15.8. The number of rotatable bonds is 8. The molecule has 6 rings (SSSR count). The van der Waals surface area contributed by atoms with Crippen molar-refractivity contribution < 1.29 is 4.79 Å². The van der Waals surface area contributed by atoms with Gasteiger partial charge in [-0.1, -0.05) is 42.8 Å². The van der Waals surface area contributed by atoms with Crippen LogP contribution in [0.5, 0.6) is 0 Å². The molecule has 0 atom stereocenters. The molecule has 2 aromatic heterocycles. The highest BCUT2D eigenvalue weighted by Crippen LogP contribution is 2.46. The van der Waals surface area contributed by atoms with Gasteiger partial charge in [0.1, 0.15) is 11.6 Å². The summed E-state index contributed by atoms with van der Waals surface area (Å²) in [6.45, 7) is 0. The summed E-state index contributed by atoms with van der Waals surface area (Å²) in [4.78, 5) is 12.9. The molecule has 1 aromatic carbocycles. The lowest BCUT2D eigenvalue weighted by Gasteiger charge is -2.10. The van der Waals surface area contributed by atoms with Crippen LogP contribution >= 0.6 is 11.8 Å². The minimum Gasteiger partial charge on any atom is -0.310 e. The fraction of sp³-hybridized carbons (Fsp3) is 0.500. The van der Waals surface area contributed by atoms with Crippen LogP contribution in [-0.4, -0.2) is 36.2 Å². The summed E-state index contributed by atoms with van der Waals surface area (Å²) >= 11 is 1.49. The van der Waals surface area contributed by atoms with Gasteiger partial charge in [-0.15, -0.1) is 10.2 Å². The molecule has 0 radical (unpaired) electrons. The predicted molar refractivity (Wildman–Crippen MR) is 124 cm³/mol. The Morgan fingerprint density at radius 2 is 1.78 bits per heavy atom. The Bertz CT molecular complexity index is 1110. The summed E-state index contributed by atoms with van der Waals surface area (Å²) in [6, 6.07) is 12.6. The largest absolute Gasteiger partial charge is 0.310 e. The predicted octanol–water partition coefficient (Wildman–Crippen LogP) is 5.06. The molecule has 1 amide bonds. The maximum atomic E-state index is 12.9. The van der Waals surface area contributed by atoms with Crippen LogP contribution in [0.2, 0.25) is 0 Å². The van der Waals surface area contributed by atoms with E-state index in [-0.39, 0.29) is 5.91 Å². The third kappa shape index (κ3) is 4.08. The standard InChI is InChI=1S/C24H28N6OS/c31-22(15-32-24-27-26-23(17-10-11-17)29(24)18-12-13-18)25-21-14-20(16-6-4-5-7-16)28-30(21)19-8-2-1-3-9-19/h1-3,8-9,14,16-18H,4-7,10-13,15H2,(H,25,31). The van der Waals surface area contributed by atoms with Crippen LogP contribution in [0.3, 0.4) is 0 Å². The summed E-state index contributed by atoms with van der Waals surface area (Å²) in [6.07, 6.45) is 9.67. The molecule has 0 spiro atoms. The number of carbonyl (C=O) groups is 1. The van der Waals surface area contributed by atoms with E-state index in [1.54, 1.807) is 0 Å². The number of thioether (sulfide) groups is 1. The normalized spacial score (nSPS) is 18.9. The smallest absolute Gasteiger partial charge is 0.236 e. The van der Waals surface area contributed by atoms with Gasteiger partial charge in [0.2, 0.25) is 5.91 Å². The van der Waals surface area contributed by atoms with E-state index < -0.39 is 0 Å². The Balaban J connectivity index is 1.19. The van der Waals surface area contributed by atoms with E-state index in [1.165, 1.54) is 63.1 Å². The van der Waals surface area contributed by atoms with Crippen molar-refractivity contribution in [2.75, 3.05) is 11.1 Å². The number of benzene rings is 1. The van der Waals surface area contributed by atoms with Gasteiger partial charge in [-0.05, 0) is 50.7 Å². The molecule has 1 N–H and O–H groups in total. The summed E-state index contributed by atoms with van der Waals surface area (Å²) in [5.74, 6) is 3.20. The molecule has 0 bridgehead atoms. The molecule has 3 aliphatic rings. The molecule has 8 heteroatoms. The average molecular weight is 449 g/mol. The highest BCUT2D eigenvalue weighted by Gasteiger charge is 2.36. The van der Waals surface area contributed by atoms with Gasteiger partial charge in [0.25, 0.3) is 0 Å². The van der Waals surface area contributed by atoms with Crippen molar-refractivity contribution in [3.05, 3.63) is 47.9 Å². The van der Waals surface area contributed by atoms with Crippen molar-refractivity contribution >= 4 is 23.5 Å². The Morgan fingerprint density at radius 1 is 1.00 bits per heavy atom. The molecular formula is C24H28N6OS. The van der Waals surface area contributed by atoms with Gasteiger partial charge >= 0.3 is 0 Å². The van der Waals surface area contributed by atoms with Crippen molar-refractivity contribution in [3.63, 3.8) is 0 Å². The Hall–Kier alpha value is -2.61. The maximum Gasteiger partial charge on any atom is 0.236 e. The van der Waals surface area contributed by atoms with Crippen LogP contribution in [0.15, 0.2) is 41.6 Å². The number of carbonyl (C=O) groups excluding carboxylic acids is 1. The lowest BCUT2D eigenvalue weighted by atomic mass is 10.0. The van der Waals surface area contributed by atoms with E-state index in [2.05, 4.69) is 26.1 Å². The maximum absolute atomic E-state index is 12.9. The van der Waals surface area contributed by atoms with Gasteiger partial charge in [-0.3, -0.25) is 4.79 Å². The van der Waals surface area contributed by atoms with E-state index in [4.69, 9.17) is 5.10 Å². The first kappa shape index (κ1) is 20.0. The molecule has 3 aromatic rings. The molecule has 7 nitrogen and oxygen atoms in total. The quantitative estimate of drug-likeness (QED) is 0.487. The fourth-order valence-electron chi connectivity index (χ4n) is 4.67. The minimum absolute atomic E-state index is 0.0385. The topological polar surface area (TPSA) is 77.6 Å². The number of hydrogen-bond acceptors (Lipinski definition) is 5. The van der Waals surface area contributed by atoms with Crippen LogP contribution in [0.25, 0.3) is 5.69 Å².